The van der Waals surface area contributed by atoms with Crippen LogP contribution in [0.4, 0.5) is 0 Å². The summed E-state index contributed by atoms with van der Waals surface area (Å²) in [6.07, 6.45) is 5.28. The fourth-order valence-electron chi connectivity index (χ4n) is 2.23. The average molecular weight is 275 g/mol. The van der Waals surface area contributed by atoms with Crippen LogP contribution < -0.4 is 5.32 Å². The summed E-state index contributed by atoms with van der Waals surface area (Å²) in [5.41, 5.74) is 0. The zero-order chi connectivity index (χ0) is 13.4. The normalized spacial score (nSPS) is 25.7. The molecule has 1 aliphatic carbocycles. The van der Waals surface area contributed by atoms with Gasteiger partial charge in [0, 0.05) is 23.1 Å². The Balaban J connectivity index is 2.07. The van der Waals surface area contributed by atoms with E-state index in [0.29, 0.717) is 30.9 Å². The van der Waals surface area contributed by atoms with Gasteiger partial charge in [-0.25, -0.2) is 0 Å². The Morgan fingerprint density at radius 2 is 2.11 bits per heavy atom. The molecule has 0 aromatic heterocycles. The molecule has 1 N–H and O–H groups in total. The van der Waals surface area contributed by atoms with Gasteiger partial charge in [-0.15, -0.1) is 0 Å². The molecule has 4 nitrogen and oxygen atoms in total. The molecule has 0 saturated heterocycles. The minimum Gasteiger partial charge on any atom is -0.376 e. The van der Waals surface area contributed by atoms with Crippen molar-refractivity contribution in [3.63, 3.8) is 0 Å². The van der Waals surface area contributed by atoms with Crippen LogP contribution in [0.2, 0.25) is 0 Å². The molecule has 1 fully saturated rings. The SMILES string of the molecule is CCS(=O)CC(=O)NCCOC1CCCCC1C. The van der Waals surface area contributed by atoms with E-state index in [9.17, 15) is 9.00 Å². The van der Waals surface area contributed by atoms with Gasteiger partial charge >= 0.3 is 0 Å². The second-order valence-corrected chi connectivity index (χ2v) is 6.64. The van der Waals surface area contributed by atoms with Crippen molar-refractivity contribution in [2.45, 2.75) is 45.6 Å². The quantitative estimate of drug-likeness (QED) is 0.716. The zero-order valence-electron chi connectivity index (χ0n) is 11.4. The fourth-order valence-corrected chi connectivity index (χ4v) is 2.83. The second-order valence-electron chi connectivity index (χ2n) is 4.89. The third-order valence-corrected chi connectivity index (χ3v) is 4.63. The van der Waals surface area contributed by atoms with Crippen LogP contribution in [0, 0.1) is 5.92 Å². The molecule has 106 valence electrons. The van der Waals surface area contributed by atoms with Gasteiger partial charge in [-0.2, -0.15) is 0 Å². The van der Waals surface area contributed by atoms with Crippen LogP contribution in [0.15, 0.2) is 0 Å². The lowest BCUT2D eigenvalue weighted by Crippen LogP contribution is -2.34. The highest BCUT2D eigenvalue weighted by Crippen LogP contribution is 2.25. The molecule has 1 aliphatic rings. The van der Waals surface area contributed by atoms with Gasteiger partial charge in [0.15, 0.2) is 0 Å². The molecule has 0 aromatic rings. The van der Waals surface area contributed by atoms with Crippen LogP contribution in [-0.4, -0.2) is 40.9 Å². The number of amides is 1. The summed E-state index contributed by atoms with van der Waals surface area (Å²) in [6.45, 7) is 5.12. The van der Waals surface area contributed by atoms with Crippen molar-refractivity contribution in [3.05, 3.63) is 0 Å². The molecule has 1 rings (SSSR count). The Hall–Kier alpha value is -0.420. The number of hydrogen-bond donors (Lipinski definition) is 1. The monoisotopic (exact) mass is 275 g/mol. The van der Waals surface area contributed by atoms with Gasteiger partial charge in [-0.1, -0.05) is 26.7 Å². The van der Waals surface area contributed by atoms with Crippen LogP contribution in [0.5, 0.6) is 0 Å². The number of rotatable bonds is 7. The van der Waals surface area contributed by atoms with Crippen molar-refractivity contribution >= 4 is 16.7 Å². The van der Waals surface area contributed by atoms with Gasteiger partial charge in [0.25, 0.3) is 0 Å². The number of carbonyl (C=O) groups is 1. The number of hydrogen-bond acceptors (Lipinski definition) is 3. The minimum absolute atomic E-state index is 0.107. The van der Waals surface area contributed by atoms with Crippen molar-refractivity contribution in [2.75, 3.05) is 24.7 Å². The molecule has 1 saturated carbocycles. The smallest absolute Gasteiger partial charge is 0.232 e. The van der Waals surface area contributed by atoms with E-state index < -0.39 is 10.8 Å². The molecule has 5 heteroatoms. The Morgan fingerprint density at radius 3 is 2.78 bits per heavy atom. The van der Waals surface area contributed by atoms with E-state index in [2.05, 4.69) is 12.2 Å². The molecular weight excluding hydrogens is 250 g/mol. The molecule has 0 bridgehead atoms. The number of carbonyl (C=O) groups excluding carboxylic acids is 1. The summed E-state index contributed by atoms with van der Waals surface area (Å²) >= 11 is 0. The highest BCUT2D eigenvalue weighted by Gasteiger charge is 2.21. The second kappa shape index (κ2) is 8.64. The summed E-state index contributed by atoms with van der Waals surface area (Å²) in [5.74, 6) is 1.12. The van der Waals surface area contributed by atoms with Crippen LogP contribution in [-0.2, 0) is 20.3 Å². The molecule has 0 radical (unpaired) electrons. The van der Waals surface area contributed by atoms with E-state index in [1.807, 2.05) is 6.92 Å². The Morgan fingerprint density at radius 1 is 1.39 bits per heavy atom. The van der Waals surface area contributed by atoms with Crippen LogP contribution in [0.25, 0.3) is 0 Å². The predicted molar refractivity (Wildman–Crippen MR) is 73.9 cm³/mol. The van der Waals surface area contributed by atoms with Crippen molar-refractivity contribution in [1.82, 2.24) is 5.32 Å². The first-order valence-electron chi connectivity index (χ1n) is 6.86. The average Bonchev–Trinajstić information content (AvgIpc) is 2.36. The molecule has 0 aromatic carbocycles. The first-order valence-corrected chi connectivity index (χ1v) is 8.35. The van der Waals surface area contributed by atoms with Crippen LogP contribution in [0.1, 0.15) is 39.5 Å². The van der Waals surface area contributed by atoms with Gasteiger partial charge in [0.05, 0.1) is 12.7 Å². The first kappa shape index (κ1) is 15.6. The van der Waals surface area contributed by atoms with Gasteiger partial charge in [-0.05, 0) is 18.8 Å². The molecule has 0 spiro atoms. The van der Waals surface area contributed by atoms with Gasteiger partial charge in [0.1, 0.15) is 5.75 Å². The highest BCUT2D eigenvalue weighted by molar-refractivity contribution is 7.85. The van der Waals surface area contributed by atoms with Gasteiger partial charge in [0.2, 0.25) is 5.91 Å². The lowest BCUT2D eigenvalue weighted by molar-refractivity contribution is -0.119. The van der Waals surface area contributed by atoms with Crippen molar-refractivity contribution in [1.29, 1.82) is 0 Å². The van der Waals surface area contributed by atoms with E-state index in [0.717, 1.165) is 6.42 Å². The standard InChI is InChI=1S/C13H25NO3S/c1-3-18(16)10-13(15)14-8-9-17-12-7-5-4-6-11(12)2/h11-12H,3-10H2,1-2H3,(H,14,15). The summed E-state index contributed by atoms with van der Waals surface area (Å²) in [7, 11) is -1.03. The first-order chi connectivity index (χ1) is 8.63. The highest BCUT2D eigenvalue weighted by atomic mass is 32.2. The largest absolute Gasteiger partial charge is 0.376 e. The molecule has 0 heterocycles. The van der Waals surface area contributed by atoms with Crippen LogP contribution in [0.3, 0.4) is 0 Å². The third-order valence-electron chi connectivity index (χ3n) is 3.40. The molecular formula is C13H25NO3S. The molecule has 1 amide bonds. The fraction of sp³-hybridized carbons (Fsp3) is 0.923. The minimum atomic E-state index is -1.03. The molecule has 0 aliphatic heterocycles. The zero-order valence-corrected chi connectivity index (χ0v) is 12.3. The number of ether oxygens (including phenoxy) is 1. The molecule has 3 atom stereocenters. The van der Waals surface area contributed by atoms with E-state index in [1.54, 1.807) is 0 Å². The maximum absolute atomic E-state index is 11.4. The summed E-state index contributed by atoms with van der Waals surface area (Å²) in [5, 5.41) is 2.75. The Kier molecular flexibility index (Phi) is 7.51. The topological polar surface area (TPSA) is 55.4 Å². The van der Waals surface area contributed by atoms with Gasteiger partial charge in [-0.3, -0.25) is 9.00 Å². The molecule has 3 unspecified atom stereocenters. The third kappa shape index (κ3) is 5.96. The van der Waals surface area contributed by atoms with E-state index in [1.165, 1.54) is 19.3 Å². The lowest BCUT2D eigenvalue weighted by Gasteiger charge is -2.28. The number of nitrogens with one attached hydrogen (secondary N) is 1. The maximum atomic E-state index is 11.4. The van der Waals surface area contributed by atoms with Gasteiger partial charge < -0.3 is 10.1 Å². The summed E-state index contributed by atoms with van der Waals surface area (Å²) in [6, 6.07) is 0. The van der Waals surface area contributed by atoms with Crippen molar-refractivity contribution < 1.29 is 13.7 Å². The summed E-state index contributed by atoms with van der Waals surface area (Å²) in [4.78, 5) is 11.4. The predicted octanol–water partition coefficient (Wildman–Crippen LogP) is 1.47. The van der Waals surface area contributed by atoms with Crippen molar-refractivity contribution in [2.24, 2.45) is 5.92 Å². The van der Waals surface area contributed by atoms with E-state index >= 15 is 0 Å². The van der Waals surface area contributed by atoms with Crippen LogP contribution >= 0.6 is 0 Å². The maximum Gasteiger partial charge on any atom is 0.232 e. The van der Waals surface area contributed by atoms with E-state index in [4.69, 9.17) is 4.74 Å². The van der Waals surface area contributed by atoms with E-state index in [-0.39, 0.29) is 11.7 Å². The Bertz CT molecular complexity index is 283. The molecule has 18 heavy (non-hydrogen) atoms. The lowest BCUT2D eigenvalue weighted by atomic mass is 9.88. The van der Waals surface area contributed by atoms with Crippen molar-refractivity contribution in [3.8, 4) is 0 Å². The summed E-state index contributed by atoms with van der Waals surface area (Å²) < 4.78 is 17.0. The Labute approximate surface area is 112 Å².